The summed E-state index contributed by atoms with van der Waals surface area (Å²) in [5, 5.41) is 7.29. The lowest BCUT2D eigenvalue weighted by Gasteiger charge is -2.39. The Kier molecular flexibility index (Phi) is 3.54. The second-order valence-corrected chi connectivity index (χ2v) is 6.30. The van der Waals surface area contributed by atoms with Crippen LogP contribution in [0, 0.1) is 0 Å². The summed E-state index contributed by atoms with van der Waals surface area (Å²) < 4.78 is 5.97. The van der Waals surface area contributed by atoms with Crippen molar-refractivity contribution in [1.29, 1.82) is 0 Å². The molecule has 24 heavy (non-hydrogen) atoms. The van der Waals surface area contributed by atoms with E-state index < -0.39 is 0 Å². The van der Waals surface area contributed by atoms with Crippen molar-refractivity contribution in [2.75, 3.05) is 30.4 Å². The van der Waals surface area contributed by atoms with Gasteiger partial charge in [-0.3, -0.25) is 10.1 Å². The van der Waals surface area contributed by atoms with Crippen LogP contribution in [0.5, 0.6) is 0 Å². The molecule has 1 aliphatic heterocycles. The topological polar surface area (TPSA) is 83.3 Å². The van der Waals surface area contributed by atoms with Crippen LogP contribution in [-0.4, -0.2) is 42.1 Å². The van der Waals surface area contributed by atoms with Gasteiger partial charge in [-0.05, 0) is 25.2 Å². The number of hydrogen-bond acceptors (Lipinski definition) is 6. The number of carbonyl (C=O) groups excluding carboxylic acids is 1. The summed E-state index contributed by atoms with van der Waals surface area (Å²) in [6.07, 6.45) is 0. The number of nitrogens with zero attached hydrogens (tertiary/aromatic N) is 3. The number of benzene rings is 1. The summed E-state index contributed by atoms with van der Waals surface area (Å²) in [5.74, 6) is 0.728. The van der Waals surface area contributed by atoms with Crippen molar-refractivity contribution < 1.29 is 9.21 Å². The predicted molar refractivity (Wildman–Crippen MR) is 93.7 cm³/mol. The van der Waals surface area contributed by atoms with Gasteiger partial charge in [0, 0.05) is 36.5 Å². The average Bonchev–Trinajstić information content (AvgIpc) is 2.84. The SMILES string of the molecule is CNC1CN(c2nc(NC(C)=O)nc3c2oc2ccc(Cl)cc23)C1. The lowest BCUT2D eigenvalue weighted by molar-refractivity contribution is -0.114. The molecule has 3 heterocycles. The molecule has 0 atom stereocenters. The Balaban J connectivity index is 1.91. The van der Waals surface area contributed by atoms with Crippen LogP contribution < -0.4 is 15.5 Å². The van der Waals surface area contributed by atoms with Crippen molar-refractivity contribution in [3.63, 3.8) is 0 Å². The van der Waals surface area contributed by atoms with Gasteiger partial charge in [-0.2, -0.15) is 4.98 Å². The molecule has 0 aliphatic carbocycles. The standard InChI is InChI=1S/C16H16ClN5O2/c1-8(23)19-16-20-13-11-5-9(17)3-4-12(11)24-14(13)15(21-16)22-6-10(7-22)18-2/h3-5,10,18H,6-7H2,1-2H3,(H,19,20,21,23). The molecule has 0 saturated carbocycles. The predicted octanol–water partition coefficient (Wildman–Crippen LogP) is 2.40. The second-order valence-electron chi connectivity index (χ2n) is 5.86. The highest BCUT2D eigenvalue weighted by Gasteiger charge is 2.30. The van der Waals surface area contributed by atoms with E-state index in [2.05, 4.69) is 25.5 Å². The number of rotatable bonds is 3. The van der Waals surface area contributed by atoms with E-state index in [-0.39, 0.29) is 11.9 Å². The minimum atomic E-state index is -0.220. The van der Waals surface area contributed by atoms with E-state index in [0.29, 0.717) is 33.6 Å². The van der Waals surface area contributed by atoms with Crippen LogP contribution in [0.25, 0.3) is 22.1 Å². The van der Waals surface area contributed by atoms with Crippen molar-refractivity contribution in [1.82, 2.24) is 15.3 Å². The van der Waals surface area contributed by atoms with Gasteiger partial charge in [-0.1, -0.05) is 11.6 Å². The second kappa shape index (κ2) is 5.61. The number of likely N-dealkylation sites (N-methyl/N-ethyl adjacent to an activating group) is 1. The zero-order valence-electron chi connectivity index (χ0n) is 13.3. The first-order valence-corrected chi connectivity index (χ1v) is 8.02. The molecule has 1 fully saturated rings. The Morgan fingerprint density at radius 2 is 2.17 bits per heavy atom. The molecular formula is C16H16ClN5O2. The largest absolute Gasteiger partial charge is 0.450 e. The summed E-state index contributed by atoms with van der Waals surface area (Å²) in [6, 6.07) is 5.81. The van der Waals surface area contributed by atoms with Gasteiger partial charge in [0.2, 0.25) is 11.9 Å². The molecule has 0 radical (unpaired) electrons. The number of halogens is 1. The van der Waals surface area contributed by atoms with E-state index in [0.717, 1.165) is 18.5 Å². The maximum Gasteiger partial charge on any atom is 0.232 e. The average molecular weight is 346 g/mol. The highest BCUT2D eigenvalue weighted by Crippen LogP contribution is 2.36. The lowest BCUT2D eigenvalue weighted by atomic mass is 10.1. The fourth-order valence-electron chi connectivity index (χ4n) is 2.86. The number of aromatic nitrogens is 2. The Morgan fingerprint density at radius 1 is 1.38 bits per heavy atom. The van der Waals surface area contributed by atoms with E-state index >= 15 is 0 Å². The highest BCUT2D eigenvalue weighted by atomic mass is 35.5. The molecule has 2 N–H and O–H groups in total. The van der Waals surface area contributed by atoms with Gasteiger partial charge in [-0.25, -0.2) is 4.98 Å². The van der Waals surface area contributed by atoms with Gasteiger partial charge in [0.25, 0.3) is 0 Å². The smallest absolute Gasteiger partial charge is 0.232 e. The quantitative estimate of drug-likeness (QED) is 0.758. The monoisotopic (exact) mass is 345 g/mol. The normalized spacial score (nSPS) is 15.0. The third-order valence-corrected chi connectivity index (χ3v) is 4.37. The van der Waals surface area contributed by atoms with Gasteiger partial charge < -0.3 is 14.6 Å². The number of amides is 1. The van der Waals surface area contributed by atoms with Crippen LogP contribution in [0.1, 0.15) is 6.92 Å². The van der Waals surface area contributed by atoms with Gasteiger partial charge in [0.15, 0.2) is 11.4 Å². The molecular weight excluding hydrogens is 330 g/mol. The lowest BCUT2D eigenvalue weighted by Crippen LogP contribution is -2.57. The number of carbonyl (C=O) groups is 1. The summed E-state index contributed by atoms with van der Waals surface area (Å²) >= 11 is 6.11. The maximum absolute atomic E-state index is 11.4. The summed E-state index contributed by atoms with van der Waals surface area (Å²) in [7, 11) is 1.93. The zero-order chi connectivity index (χ0) is 16.8. The summed E-state index contributed by atoms with van der Waals surface area (Å²) in [5.41, 5.74) is 1.95. The molecule has 4 rings (SSSR count). The van der Waals surface area contributed by atoms with E-state index in [1.165, 1.54) is 6.92 Å². The Labute approximate surface area is 143 Å². The molecule has 0 bridgehead atoms. The molecule has 3 aromatic rings. The van der Waals surface area contributed by atoms with Crippen LogP contribution in [0.3, 0.4) is 0 Å². The maximum atomic E-state index is 11.4. The van der Waals surface area contributed by atoms with Crippen LogP contribution >= 0.6 is 11.6 Å². The first-order valence-electron chi connectivity index (χ1n) is 7.65. The van der Waals surface area contributed by atoms with Gasteiger partial charge in [0.05, 0.1) is 0 Å². The van der Waals surface area contributed by atoms with Crippen LogP contribution in [0.2, 0.25) is 5.02 Å². The van der Waals surface area contributed by atoms with Crippen LogP contribution in [0.15, 0.2) is 22.6 Å². The molecule has 1 saturated heterocycles. The molecule has 0 spiro atoms. The van der Waals surface area contributed by atoms with E-state index in [4.69, 9.17) is 16.0 Å². The van der Waals surface area contributed by atoms with Crippen molar-refractivity contribution in [2.45, 2.75) is 13.0 Å². The van der Waals surface area contributed by atoms with E-state index in [1.54, 1.807) is 6.07 Å². The number of anilines is 2. The molecule has 1 aromatic carbocycles. The molecule has 1 aliphatic rings. The van der Waals surface area contributed by atoms with Crippen LogP contribution in [0.4, 0.5) is 11.8 Å². The van der Waals surface area contributed by atoms with E-state index in [9.17, 15) is 4.79 Å². The van der Waals surface area contributed by atoms with Gasteiger partial charge in [-0.15, -0.1) is 0 Å². The minimum Gasteiger partial charge on any atom is -0.450 e. The first kappa shape index (κ1) is 15.2. The summed E-state index contributed by atoms with van der Waals surface area (Å²) in [4.78, 5) is 22.4. The number of hydrogen-bond donors (Lipinski definition) is 2. The fourth-order valence-corrected chi connectivity index (χ4v) is 3.04. The Morgan fingerprint density at radius 3 is 2.88 bits per heavy atom. The Bertz CT molecular complexity index is 948. The fraction of sp³-hybridized carbons (Fsp3) is 0.312. The van der Waals surface area contributed by atoms with Crippen molar-refractivity contribution in [3.8, 4) is 0 Å². The molecule has 124 valence electrons. The Hall–Kier alpha value is -2.38. The van der Waals surface area contributed by atoms with Gasteiger partial charge >= 0.3 is 0 Å². The minimum absolute atomic E-state index is 0.220. The van der Waals surface area contributed by atoms with E-state index in [1.807, 2.05) is 19.2 Å². The zero-order valence-corrected chi connectivity index (χ0v) is 14.0. The van der Waals surface area contributed by atoms with Gasteiger partial charge in [0.1, 0.15) is 11.1 Å². The van der Waals surface area contributed by atoms with Crippen molar-refractivity contribution >= 4 is 51.3 Å². The molecule has 0 unspecified atom stereocenters. The van der Waals surface area contributed by atoms with Crippen molar-refractivity contribution in [2.24, 2.45) is 0 Å². The molecule has 2 aromatic heterocycles. The third-order valence-electron chi connectivity index (χ3n) is 4.13. The summed E-state index contributed by atoms with van der Waals surface area (Å²) in [6.45, 7) is 3.07. The first-order chi connectivity index (χ1) is 11.5. The molecule has 7 nitrogen and oxygen atoms in total. The van der Waals surface area contributed by atoms with Crippen molar-refractivity contribution in [3.05, 3.63) is 23.2 Å². The number of furan rings is 1. The molecule has 8 heteroatoms. The highest BCUT2D eigenvalue weighted by molar-refractivity contribution is 6.31. The van der Waals surface area contributed by atoms with Crippen LogP contribution in [-0.2, 0) is 4.79 Å². The number of fused-ring (bicyclic) bond motifs is 3. The number of nitrogens with one attached hydrogen (secondary N) is 2. The molecule has 1 amide bonds. The third kappa shape index (κ3) is 2.46.